The zero-order valence-corrected chi connectivity index (χ0v) is 12.3. The lowest BCUT2D eigenvalue weighted by Gasteiger charge is -2.22. The maximum atomic E-state index is 8.59. The van der Waals surface area contributed by atoms with Gasteiger partial charge >= 0.3 is 0 Å². The Labute approximate surface area is 116 Å². The second-order valence-corrected chi connectivity index (χ2v) is 5.26. The van der Waals surface area contributed by atoms with Crippen LogP contribution in [0.25, 0.3) is 0 Å². The highest BCUT2D eigenvalue weighted by atomic mass is 79.9. The van der Waals surface area contributed by atoms with Crippen molar-refractivity contribution in [3.63, 3.8) is 0 Å². The highest BCUT2D eigenvalue weighted by Crippen LogP contribution is 2.17. The lowest BCUT2D eigenvalue weighted by molar-refractivity contribution is 0.315. The molecule has 1 aromatic carbocycles. The standard InChI is InChI=1S/C13H20BrN3O/c1-3-12(8-13(15)17-18)16-9(2)10-4-6-11(14)7-5-10/h4-7,9,12,16,18H,3,8H2,1-2H3,(H2,15,17). The Morgan fingerprint density at radius 2 is 2.06 bits per heavy atom. The first-order valence-electron chi connectivity index (χ1n) is 6.04. The van der Waals surface area contributed by atoms with Crippen LogP contribution in [0.3, 0.4) is 0 Å². The SMILES string of the molecule is CCC(C/C(N)=N/O)NC(C)c1ccc(Br)cc1. The fourth-order valence-corrected chi connectivity index (χ4v) is 2.08. The van der Waals surface area contributed by atoms with Crippen LogP contribution in [-0.2, 0) is 0 Å². The molecule has 0 aliphatic carbocycles. The van der Waals surface area contributed by atoms with Gasteiger partial charge in [0.1, 0.15) is 5.84 Å². The molecule has 5 heteroatoms. The average Bonchev–Trinajstić information content (AvgIpc) is 2.38. The summed E-state index contributed by atoms with van der Waals surface area (Å²) in [4.78, 5) is 0. The number of hydrogen-bond donors (Lipinski definition) is 3. The molecule has 0 bridgehead atoms. The molecular formula is C13H20BrN3O. The summed E-state index contributed by atoms with van der Waals surface area (Å²) in [6, 6.07) is 8.65. The monoisotopic (exact) mass is 313 g/mol. The van der Waals surface area contributed by atoms with Crippen LogP contribution in [-0.4, -0.2) is 17.1 Å². The largest absolute Gasteiger partial charge is 0.409 e. The lowest BCUT2D eigenvalue weighted by atomic mass is 10.0. The van der Waals surface area contributed by atoms with Crippen LogP contribution in [0.2, 0.25) is 0 Å². The summed E-state index contributed by atoms with van der Waals surface area (Å²) in [5.74, 6) is 0.261. The fourth-order valence-electron chi connectivity index (χ4n) is 1.82. The van der Waals surface area contributed by atoms with E-state index < -0.39 is 0 Å². The molecule has 2 unspecified atom stereocenters. The number of amidine groups is 1. The molecule has 0 aromatic heterocycles. The van der Waals surface area contributed by atoms with Crippen molar-refractivity contribution in [2.24, 2.45) is 10.9 Å². The van der Waals surface area contributed by atoms with Gasteiger partial charge in [-0.3, -0.25) is 0 Å². The van der Waals surface area contributed by atoms with E-state index in [0.717, 1.165) is 10.9 Å². The summed E-state index contributed by atoms with van der Waals surface area (Å²) in [6.07, 6.45) is 1.48. The van der Waals surface area contributed by atoms with E-state index in [-0.39, 0.29) is 17.9 Å². The second kappa shape index (κ2) is 7.38. The predicted octanol–water partition coefficient (Wildman–Crippen LogP) is 3.01. The van der Waals surface area contributed by atoms with Crippen molar-refractivity contribution in [2.45, 2.75) is 38.8 Å². The highest BCUT2D eigenvalue weighted by Gasteiger charge is 2.13. The Hall–Kier alpha value is -1.07. The van der Waals surface area contributed by atoms with Crippen LogP contribution < -0.4 is 11.1 Å². The van der Waals surface area contributed by atoms with Gasteiger partial charge in [0, 0.05) is 23.0 Å². The van der Waals surface area contributed by atoms with Gasteiger partial charge in [0.25, 0.3) is 0 Å². The number of rotatable bonds is 6. The topological polar surface area (TPSA) is 70.6 Å². The zero-order valence-electron chi connectivity index (χ0n) is 10.7. The third-order valence-electron chi connectivity index (χ3n) is 2.93. The predicted molar refractivity (Wildman–Crippen MR) is 77.8 cm³/mol. The number of nitrogens with two attached hydrogens (primary N) is 1. The van der Waals surface area contributed by atoms with Crippen molar-refractivity contribution in [3.8, 4) is 0 Å². The van der Waals surface area contributed by atoms with Crippen LogP contribution in [0, 0.1) is 0 Å². The summed E-state index contributed by atoms with van der Waals surface area (Å²) >= 11 is 3.42. The van der Waals surface area contributed by atoms with Gasteiger partial charge in [0.2, 0.25) is 0 Å². The van der Waals surface area contributed by atoms with E-state index in [1.807, 2.05) is 12.1 Å². The Balaban J connectivity index is 2.61. The van der Waals surface area contributed by atoms with Gasteiger partial charge < -0.3 is 16.3 Å². The van der Waals surface area contributed by atoms with Crippen molar-refractivity contribution < 1.29 is 5.21 Å². The van der Waals surface area contributed by atoms with Crippen molar-refractivity contribution in [3.05, 3.63) is 34.3 Å². The van der Waals surface area contributed by atoms with Gasteiger partial charge in [-0.15, -0.1) is 0 Å². The Bertz CT molecular complexity index is 392. The van der Waals surface area contributed by atoms with E-state index in [1.54, 1.807) is 0 Å². The molecule has 4 nitrogen and oxygen atoms in total. The summed E-state index contributed by atoms with van der Waals surface area (Å²) in [7, 11) is 0. The van der Waals surface area contributed by atoms with E-state index in [9.17, 15) is 0 Å². The second-order valence-electron chi connectivity index (χ2n) is 4.34. The molecule has 100 valence electrons. The van der Waals surface area contributed by atoms with Crippen molar-refractivity contribution >= 4 is 21.8 Å². The summed E-state index contributed by atoms with van der Waals surface area (Å²) in [5, 5.41) is 15.1. The minimum Gasteiger partial charge on any atom is -0.409 e. The number of halogens is 1. The van der Waals surface area contributed by atoms with Gasteiger partial charge in [0.15, 0.2) is 0 Å². The van der Waals surface area contributed by atoms with Gasteiger partial charge in [0.05, 0.1) is 0 Å². The quantitative estimate of drug-likeness (QED) is 0.327. The molecule has 0 saturated heterocycles. The van der Waals surface area contributed by atoms with Crippen molar-refractivity contribution in [2.75, 3.05) is 0 Å². The average molecular weight is 314 g/mol. The molecule has 0 aliphatic heterocycles. The minimum atomic E-state index is 0.208. The maximum absolute atomic E-state index is 8.59. The molecule has 0 amide bonds. The Kier molecular flexibility index (Phi) is 6.15. The number of nitrogens with zero attached hydrogens (tertiary/aromatic N) is 1. The summed E-state index contributed by atoms with van der Waals surface area (Å²) in [5.41, 5.74) is 6.76. The maximum Gasteiger partial charge on any atom is 0.140 e. The van der Waals surface area contributed by atoms with Crippen LogP contribution in [0.5, 0.6) is 0 Å². The molecule has 0 aliphatic rings. The van der Waals surface area contributed by atoms with E-state index in [4.69, 9.17) is 10.9 Å². The molecule has 0 saturated carbocycles. The fraction of sp³-hybridized carbons (Fsp3) is 0.462. The Morgan fingerprint density at radius 1 is 1.44 bits per heavy atom. The molecule has 1 rings (SSSR count). The lowest BCUT2D eigenvalue weighted by Crippen LogP contribution is -2.34. The summed E-state index contributed by atoms with van der Waals surface area (Å²) < 4.78 is 1.07. The highest BCUT2D eigenvalue weighted by molar-refractivity contribution is 9.10. The van der Waals surface area contributed by atoms with Gasteiger partial charge in [-0.1, -0.05) is 40.1 Å². The first-order chi connectivity index (χ1) is 8.56. The van der Waals surface area contributed by atoms with Gasteiger partial charge in [-0.25, -0.2) is 0 Å². The third-order valence-corrected chi connectivity index (χ3v) is 3.46. The summed E-state index contributed by atoms with van der Waals surface area (Å²) in [6.45, 7) is 4.19. The van der Waals surface area contributed by atoms with Crippen molar-refractivity contribution in [1.29, 1.82) is 0 Å². The van der Waals surface area contributed by atoms with E-state index in [2.05, 4.69) is 52.4 Å². The van der Waals surface area contributed by atoms with Crippen LogP contribution in [0.1, 0.15) is 38.3 Å². The molecule has 0 fully saturated rings. The molecule has 2 atom stereocenters. The Morgan fingerprint density at radius 3 is 2.56 bits per heavy atom. The van der Waals surface area contributed by atoms with Crippen LogP contribution >= 0.6 is 15.9 Å². The minimum absolute atomic E-state index is 0.208. The number of benzene rings is 1. The zero-order chi connectivity index (χ0) is 13.5. The third kappa shape index (κ3) is 4.66. The normalized spacial score (nSPS) is 15.4. The van der Waals surface area contributed by atoms with E-state index >= 15 is 0 Å². The first kappa shape index (κ1) is 15.0. The van der Waals surface area contributed by atoms with Crippen LogP contribution in [0.15, 0.2) is 33.9 Å². The molecule has 4 N–H and O–H groups in total. The molecule has 0 radical (unpaired) electrons. The molecule has 1 aromatic rings. The molecule has 0 heterocycles. The first-order valence-corrected chi connectivity index (χ1v) is 6.84. The van der Waals surface area contributed by atoms with E-state index in [1.165, 1.54) is 5.56 Å². The van der Waals surface area contributed by atoms with Gasteiger partial charge in [-0.05, 0) is 31.0 Å². The van der Waals surface area contributed by atoms with Crippen LogP contribution in [0.4, 0.5) is 0 Å². The van der Waals surface area contributed by atoms with E-state index in [0.29, 0.717) is 6.42 Å². The molecule has 0 spiro atoms. The smallest absolute Gasteiger partial charge is 0.140 e. The number of oxime groups is 1. The number of nitrogens with one attached hydrogen (secondary N) is 1. The molecular weight excluding hydrogens is 294 g/mol. The van der Waals surface area contributed by atoms with Gasteiger partial charge in [-0.2, -0.15) is 0 Å². The molecule has 18 heavy (non-hydrogen) atoms. The number of hydrogen-bond acceptors (Lipinski definition) is 3. The van der Waals surface area contributed by atoms with Crippen molar-refractivity contribution in [1.82, 2.24) is 5.32 Å².